The minimum atomic E-state index is -0.0515. The highest BCUT2D eigenvalue weighted by atomic mass is 16.5. The topological polar surface area (TPSA) is 67.6 Å². The van der Waals surface area contributed by atoms with Crippen LogP contribution in [0.1, 0.15) is 28.8 Å². The van der Waals surface area contributed by atoms with Gasteiger partial charge >= 0.3 is 0 Å². The number of aryl methyl sites for hydroxylation is 1. The number of hydrogen-bond acceptors (Lipinski definition) is 4. The summed E-state index contributed by atoms with van der Waals surface area (Å²) in [6.07, 6.45) is 3.66. The van der Waals surface area contributed by atoms with Crippen molar-refractivity contribution in [2.45, 2.75) is 19.8 Å². The number of carbonyl (C=O) groups excluding carboxylic acids is 1. The van der Waals surface area contributed by atoms with Crippen molar-refractivity contribution in [2.75, 3.05) is 26.8 Å². The van der Waals surface area contributed by atoms with E-state index in [1.54, 1.807) is 11.8 Å². The van der Waals surface area contributed by atoms with E-state index in [4.69, 9.17) is 9.84 Å². The van der Waals surface area contributed by atoms with Crippen LogP contribution in [0.5, 0.6) is 5.75 Å². The summed E-state index contributed by atoms with van der Waals surface area (Å²) in [4.78, 5) is 15.3. The molecule has 6 nitrogen and oxygen atoms in total. The SMILES string of the molecule is COc1cccc(-c2nn(-c3ccc(C)cc3)cc2C(=O)N2CCCC(CO)C2)c1. The van der Waals surface area contributed by atoms with Crippen molar-refractivity contribution >= 4 is 5.91 Å². The second-order valence-electron chi connectivity index (χ2n) is 7.85. The Hall–Kier alpha value is -3.12. The van der Waals surface area contributed by atoms with E-state index in [-0.39, 0.29) is 18.4 Å². The van der Waals surface area contributed by atoms with Gasteiger partial charge in [-0.1, -0.05) is 29.8 Å². The number of ether oxygens (including phenoxy) is 1. The van der Waals surface area contributed by atoms with Crippen molar-refractivity contribution in [3.05, 3.63) is 65.9 Å². The lowest BCUT2D eigenvalue weighted by Gasteiger charge is -2.31. The maximum absolute atomic E-state index is 13.5. The van der Waals surface area contributed by atoms with Crippen LogP contribution in [-0.4, -0.2) is 52.5 Å². The largest absolute Gasteiger partial charge is 0.497 e. The predicted molar refractivity (Wildman–Crippen MR) is 116 cm³/mol. The van der Waals surface area contributed by atoms with Crippen LogP contribution in [0.4, 0.5) is 0 Å². The van der Waals surface area contributed by atoms with Gasteiger partial charge in [0.25, 0.3) is 5.91 Å². The number of carbonyl (C=O) groups is 1. The van der Waals surface area contributed by atoms with E-state index in [1.807, 2.05) is 66.6 Å². The summed E-state index contributed by atoms with van der Waals surface area (Å²) in [5.41, 5.74) is 4.08. The van der Waals surface area contributed by atoms with E-state index in [0.29, 0.717) is 30.1 Å². The zero-order chi connectivity index (χ0) is 21.1. The summed E-state index contributed by atoms with van der Waals surface area (Å²) in [6, 6.07) is 15.7. The lowest BCUT2D eigenvalue weighted by molar-refractivity contribution is 0.0621. The van der Waals surface area contributed by atoms with Gasteiger partial charge in [0, 0.05) is 31.5 Å². The molecule has 6 heteroatoms. The van der Waals surface area contributed by atoms with Gasteiger partial charge in [-0.25, -0.2) is 4.68 Å². The average molecular weight is 405 g/mol. The second-order valence-corrected chi connectivity index (χ2v) is 7.85. The fourth-order valence-electron chi connectivity index (χ4n) is 3.91. The summed E-state index contributed by atoms with van der Waals surface area (Å²) in [6.45, 7) is 3.41. The van der Waals surface area contributed by atoms with E-state index < -0.39 is 0 Å². The van der Waals surface area contributed by atoms with Crippen molar-refractivity contribution in [1.82, 2.24) is 14.7 Å². The van der Waals surface area contributed by atoms with Crippen LogP contribution in [0.25, 0.3) is 16.9 Å². The lowest BCUT2D eigenvalue weighted by Crippen LogP contribution is -2.41. The molecule has 0 saturated carbocycles. The van der Waals surface area contributed by atoms with E-state index in [9.17, 15) is 9.90 Å². The standard InChI is InChI=1S/C24H27N3O3/c1-17-8-10-20(11-9-17)27-15-22(24(29)26-12-4-5-18(14-26)16-28)23(25-27)19-6-3-7-21(13-19)30-2/h3,6-11,13,15,18,28H,4-5,12,14,16H2,1-2H3. The number of rotatable bonds is 5. The number of aromatic nitrogens is 2. The second kappa shape index (κ2) is 8.71. The number of likely N-dealkylation sites (tertiary alicyclic amines) is 1. The molecule has 0 radical (unpaired) electrons. The van der Waals surface area contributed by atoms with Crippen molar-refractivity contribution in [3.8, 4) is 22.7 Å². The first kappa shape index (κ1) is 20.2. The van der Waals surface area contributed by atoms with Crippen LogP contribution in [0.15, 0.2) is 54.7 Å². The van der Waals surface area contributed by atoms with Crippen LogP contribution in [0, 0.1) is 12.8 Å². The summed E-state index contributed by atoms with van der Waals surface area (Å²) in [7, 11) is 1.62. The third-order valence-electron chi connectivity index (χ3n) is 5.65. The van der Waals surface area contributed by atoms with Gasteiger partial charge in [-0.2, -0.15) is 5.10 Å². The van der Waals surface area contributed by atoms with Crippen molar-refractivity contribution in [1.29, 1.82) is 0 Å². The molecule has 0 aliphatic carbocycles. The van der Waals surface area contributed by atoms with Gasteiger partial charge in [0.15, 0.2) is 0 Å². The van der Waals surface area contributed by atoms with E-state index >= 15 is 0 Å². The Labute approximate surface area is 176 Å². The molecule has 0 spiro atoms. The molecule has 1 atom stereocenters. The van der Waals surface area contributed by atoms with Crippen molar-refractivity contribution in [2.24, 2.45) is 5.92 Å². The van der Waals surface area contributed by atoms with Crippen LogP contribution in [0.2, 0.25) is 0 Å². The Kier molecular flexibility index (Phi) is 5.86. The highest BCUT2D eigenvalue weighted by Crippen LogP contribution is 2.29. The Balaban J connectivity index is 1.76. The van der Waals surface area contributed by atoms with Gasteiger partial charge < -0.3 is 14.7 Å². The zero-order valence-corrected chi connectivity index (χ0v) is 17.4. The molecule has 1 fully saturated rings. The maximum Gasteiger partial charge on any atom is 0.257 e. The molecular weight excluding hydrogens is 378 g/mol. The highest BCUT2D eigenvalue weighted by Gasteiger charge is 2.28. The lowest BCUT2D eigenvalue weighted by atomic mass is 9.98. The molecule has 3 aromatic rings. The quantitative estimate of drug-likeness (QED) is 0.703. The number of nitrogens with zero attached hydrogens (tertiary/aromatic N) is 3. The van der Waals surface area contributed by atoms with Gasteiger partial charge in [0.05, 0.1) is 18.4 Å². The first-order chi connectivity index (χ1) is 14.6. The molecular formula is C24H27N3O3. The Morgan fingerprint density at radius 2 is 2.03 bits per heavy atom. The van der Waals surface area contributed by atoms with Crippen molar-refractivity contribution in [3.63, 3.8) is 0 Å². The van der Waals surface area contributed by atoms with Crippen LogP contribution in [-0.2, 0) is 0 Å². The number of hydrogen-bond donors (Lipinski definition) is 1. The molecule has 1 aliphatic rings. The predicted octanol–water partition coefficient (Wildman–Crippen LogP) is 3.70. The van der Waals surface area contributed by atoms with Gasteiger partial charge in [-0.05, 0) is 49.9 Å². The number of aliphatic hydroxyl groups excluding tert-OH is 1. The maximum atomic E-state index is 13.5. The fourth-order valence-corrected chi connectivity index (χ4v) is 3.91. The molecule has 1 saturated heterocycles. The monoisotopic (exact) mass is 405 g/mol. The smallest absolute Gasteiger partial charge is 0.257 e. The van der Waals surface area contributed by atoms with Crippen molar-refractivity contribution < 1.29 is 14.6 Å². The molecule has 2 heterocycles. The van der Waals surface area contributed by atoms with E-state index in [1.165, 1.54) is 5.56 Å². The van der Waals surface area contributed by atoms with Gasteiger partial charge in [0.2, 0.25) is 0 Å². The number of benzene rings is 2. The molecule has 1 aliphatic heterocycles. The van der Waals surface area contributed by atoms with E-state index in [2.05, 4.69) is 0 Å². The summed E-state index contributed by atoms with van der Waals surface area (Å²) in [5, 5.41) is 14.3. The molecule has 1 N–H and O–H groups in total. The van der Waals surface area contributed by atoms with Crippen LogP contribution >= 0.6 is 0 Å². The summed E-state index contributed by atoms with van der Waals surface area (Å²) in [5.74, 6) is 0.800. The number of amides is 1. The minimum absolute atomic E-state index is 0.0515. The normalized spacial score (nSPS) is 16.5. The first-order valence-electron chi connectivity index (χ1n) is 10.3. The molecule has 2 aromatic carbocycles. The third kappa shape index (κ3) is 4.09. The Morgan fingerprint density at radius 1 is 1.23 bits per heavy atom. The molecule has 156 valence electrons. The van der Waals surface area contributed by atoms with Gasteiger partial charge in [0.1, 0.15) is 11.4 Å². The Bertz CT molecular complexity index is 1030. The minimum Gasteiger partial charge on any atom is -0.497 e. The third-order valence-corrected chi connectivity index (χ3v) is 5.65. The number of methoxy groups -OCH3 is 1. The number of aliphatic hydroxyl groups is 1. The molecule has 30 heavy (non-hydrogen) atoms. The highest BCUT2D eigenvalue weighted by molar-refractivity contribution is 6.00. The summed E-state index contributed by atoms with van der Waals surface area (Å²) >= 11 is 0. The molecule has 1 unspecified atom stereocenters. The van der Waals surface area contributed by atoms with Gasteiger partial charge in [-0.15, -0.1) is 0 Å². The van der Waals surface area contributed by atoms with E-state index in [0.717, 1.165) is 24.1 Å². The average Bonchev–Trinajstić information content (AvgIpc) is 3.24. The molecule has 4 rings (SSSR count). The van der Waals surface area contributed by atoms with Crippen LogP contribution < -0.4 is 4.74 Å². The first-order valence-corrected chi connectivity index (χ1v) is 10.3. The zero-order valence-electron chi connectivity index (χ0n) is 17.4. The van der Waals surface area contributed by atoms with Gasteiger partial charge in [-0.3, -0.25) is 4.79 Å². The Morgan fingerprint density at radius 3 is 2.77 bits per heavy atom. The molecule has 1 amide bonds. The summed E-state index contributed by atoms with van der Waals surface area (Å²) < 4.78 is 7.13. The fraction of sp³-hybridized carbons (Fsp3) is 0.333. The number of piperidine rings is 1. The van der Waals surface area contributed by atoms with Crippen LogP contribution in [0.3, 0.4) is 0 Å². The molecule has 1 aromatic heterocycles. The molecule has 0 bridgehead atoms.